The number of carbonyl (C=O) groups is 3. The highest BCUT2D eigenvalue weighted by Crippen LogP contribution is 2.04. The van der Waals surface area contributed by atoms with Crippen molar-refractivity contribution in [2.24, 2.45) is 11.8 Å². The number of nitrogens with one attached hydrogen (secondary N) is 2. The fraction of sp³-hybridized carbons (Fsp3) is 0.750. The van der Waals surface area contributed by atoms with Crippen LogP contribution in [0.1, 0.15) is 34.6 Å². The molecule has 0 unspecified atom stereocenters. The first-order chi connectivity index (χ1) is 8.16. The van der Waals surface area contributed by atoms with Gasteiger partial charge in [0.05, 0.1) is 0 Å². The molecule has 3 N–H and O–H groups in total. The first-order valence-electron chi connectivity index (χ1n) is 6.00. The molecular weight excluding hydrogens is 236 g/mol. The Bertz CT molecular complexity index is 326. The summed E-state index contributed by atoms with van der Waals surface area (Å²) in [6, 6.07) is -1.70. The predicted molar refractivity (Wildman–Crippen MR) is 66.8 cm³/mol. The maximum absolute atomic E-state index is 11.9. The molecule has 6 nitrogen and oxygen atoms in total. The summed E-state index contributed by atoms with van der Waals surface area (Å²) in [4.78, 5) is 34.1. The number of aliphatic carboxylic acids is 1. The highest BCUT2D eigenvalue weighted by molar-refractivity contribution is 5.90. The number of carbonyl (C=O) groups excluding carboxylic acids is 2. The molecule has 0 aliphatic rings. The lowest BCUT2D eigenvalue weighted by Gasteiger charge is -2.23. The minimum atomic E-state index is -1.11. The van der Waals surface area contributed by atoms with Gasteiger partial charge in [-0.25, -0.2) is 0 Å². The van der Waals surface area contributed by atoms with E-state index in [1.807, 2.05) is 0 Å². The lowest BCUT2D eigenvalue weighted by Crippen LogP contribution is -2.53. The fourth-order valence-electron chi connectivity index (χ4n) is 1.22. The minimum Gasteiger partial charge on any atom is -0.480 e. The quantitative estimate of drug-likeness (QED) is 0.641. The zero-order chi connectivity index (χ0) is 14.5. The molecule has 0 aromatic carbocycles. The molecule has 2 atom stereocenters. The molecule has 0 fully saturated rings. The summed E-state index contributed by atoms with van der Waals surface area (Å²) in [5.74, 6) is -2.16. The van der Waals surface area contributed by atoms with E-state index >= 15 is 0 Å². The molecule has 0 radical (unpaired) electrons. The van der Waals surface area contributed by atoms with Crippen LogP contribution in [0, 0.1) is 11.8 Å². The Balaban J connectivity index is 4.65. The summed E-state index contributed by atoms with van der Waals surface area (Å²) in [6.07, 6.45) is 0. The Labute approximate surface area is 107 Å². The van der Waals surface area contributed by atoms with Crippen LogP contribution in [0.3, 0.4) is 0 Å². The molecule has 0 aromatic rings. The van der Waals surface area contributed by atoms with E-state index in [0.717, 1.165) is 0 Å². The molecule has 0 spiro atoms. The van der Waals surface area contributed by atoms with Crippen molar-refractivity contribution in [3.8, 4) is 0 Å². The topological polar surface area (TPSA) is 95.5 Å². The molecule has 0 saturated heterocycles. The average molecular weight is 258 g/mol. The second kappa shape index (κ2) is 6.98. The number of rotatable bonds is 6. The average Bonchev–Trinajstić information content (AvgIpc) is 2.24. The van der Waals surface area contributed by atoms with E-state index in [2.05, 4.69) is 10.6 Å². The second-order valence-electron chi connectivity index (χ2n) is 4.95. The van der Waals surface area contributed by atoms with Gasteiger partial charge in [0.2, 0.25) is 11.8 Å². The summed E-state index contributed by atoms with van der Waals surface area (Å²) in [6.45, 7) is 8.41. The van der Waals surface area contributed by atoms with Crippen molar-refractivity contribution in [3.05, 3.63) is 0 Å². The van der Waals surface area contributed by atoms with Gasteiger partial charge in [-0.3, -0.25) is 14.4 Å². The SMILES string of the molecule is CC(C)C(=O)N[C@H](C(=O)N[C@@H](C)C(=O)O)C(C)C. The van der Waals surface area contributed by atoms with Crippen LogP contribution in [0.5, 0.6) is 0 Å². The van der Waals surface area contributed by atoms with Crippen LogP contribution in [-0.4, -0.2) is 35.0 Å². The third-order valence-electron chi connectivity index (χ3n) is 2.50. The van der Waals surface area contributed by atoms with Crippen molar-refractivity contribution in [3.63, 3.8) is 0 Å². The summed E-state index contributed by atoms with van der Waals surface area (Å²) < 4.78 is 0. The highest BCUT2D eigenvalue weighted by atomic mass is 16.4. The van der Waals surface area contributed by atoms with Gasteiger partial charge in [0, 0.05) is 5.92 Å². The van der Waals surface area contributed by atoms with Gasteiger partial charge in [-0.15, -0.1) is 0 Å². The third-order valence-corrected chi connectivity index (χ3v) is 2.50. The van der Waals surface area contributed by atoms with Crippen LogP contribution in [0.25, 0.3) is 0 Å². The van der Waals surface area contributed by atoms with Gasteiger partial charge in [0.15, 0.2) is 0 Å². The predicted octanol–water partition coefficient (Wildman–Crippen LogP) is 0.372. The lowest BCUT2D eigenvalue weighted by molar-refractivity contribution is -0.142. The molecule has 0 rings (SSSR count). The number of amides is 2. The molecule has 0 aliphatic heterocycles. The van der Waals surface area contributed by atoms with Gasteiger partial charge in [0.25, 0.3) is 0 Å². The van der Waals surface area contributed by atoms with Crippen LogP contribution in [0.4, 0.5) is 0 Å². The number of hydrogen-bond acceptors (Lipinski definition) is 3. The Morgan fingerprint density at radius 2 is 1.39 bits per heavy atom. The van der Waals surface area contributed by atoms with Crippen LogP contribution in [-0.2, 0) is 14.4 Å². The Morgan fingerprint density at radius 3 is 1.72 bits per heavy atom. The van der Waals surface area contributed by atoms with Crippen molar-refractivity contribution in [2.75, 3.05) is 0 Å². The minimum absolute atomic E-state index is 0.117. The van der Waals surface area contributed by atoms with Crippen LogP contribution in [0.15, 0.2) is 0 Å². The zero-order valence-corrected chi connectivity index (χ0v) is 11.5. The number of carboxylic acids is 1. The molecule has 0 heterocycles. The van der Waals surface area contributed by atoms with Gasteiger partial charge in [0.1, 0.15) is 12.1 Å². The van der Waals surface area contributed by atoms with E-state index in [9.17, 15) is 14.4 Å². The van der Waals surface area contributed by atoms with E-state index in [4.69, 9.17) is 5.11 Å². The number of carboxylic acid groups (broad SMARTS) is 1. The second-order valence-corrected chi connectivity index (χ2v) is 4.95. The molecule has 6 heteroatoms. The maximum Gasteiger partial charge on any atom is 0.325 e. The maximum atomic E-state index is 11.9. The van der Waals surface area contributed by atoms with Gasteiger partial charge in [-0.1, -0.05) is 27.7 Å². The lowest BCUT2D eigenvalue weighted by atomic mass is 10.0. The van der Waals surface area contributed by atoms with E-state index < -0.39 is 24.0 Å². The third kappa shape index (κ3) is 5.16. The zero-order valence-electron chi connectivity index (χ0n) is 11.5. The molecule has 0 aliphatic carbocycles. The molecule has 104 valence electrons. The highest BCUT2D eigenvalue weighted by Gasteiger charge is 2.27. The molecular formula is C12H22N2O4. The summed E-state index contributed by atoms with van der Waals surface area (Å²) in [5, 5.41) is 13.7. The first kappa shape index (κ1) is 16.4. The molecule has 0 bridgehead atoms. The summed E-state index contributed by atoms with van der Waals surface area (Å²) >= 11 is 0. The van der Waals surface area contributed by atoms with Crippen LogP contribution < -0.4 is 10.6 Å². The smallest absolute Gasteiger partial charge is 0.325 e. The number of hydrogen-bond donors (Lipinski definition) is 3. The van der Waals surface area contributed by atoms with E-state index in [1.54, 1.807) is 27.7 Å². The molecule has 2 amide bonds. The Kier molecular flexibility index (Phi) is 6.36. The molecule has 18 heavy (non-hydrogen) atoms. The van der Waals surface area contributed by atoms with Crippen LogP contribution in [0.2, 0.25) is 0 Å². The fourth-order valence-corrected chi connectivity index (χ4v) is 1.22. The summed E-state index contributed by atoms with van der Waals surface area (Å²) in [7, 11) is 0. The molecule has 0 aromatic heterocycles. The van der Waals surface area contributed by atoms with Crippen molar-refractivity contribution < 1.29 is 19.5 Å². The van der Waals surface area contributed by atoms with Crippen molar-refractivity contribution >= 4 is 17.8 Å². The van der Waals surface area contributed by atoms with Gasteiger partial charge < -0.3 is 15.7 Å². The van der Waals surface area contributed by atoms with Crippen LogP contribution >= 0.6 is 0 Å². The standard InChI is InChI=1S/C12H22N2O4/c1-6(2)9(14-10(15)7(3)4)11(16)13-8(5)12(17)18/h6-9H,1-5H3,(H,13,16)(H,14,15)(H,17,18)/t8-,9-/m0/s1. The van der Waals surface area contributed by atoms with Gasteiger partial charge in [-0.05, 0) is 12.8 Å². The van der Waals surface area contributed by atoms with E-state index in [-0.39, 0.29) is 17.7 Å². The Morgan fingerprint density at radius 1 is 0.889 bits per heavy atom. The van der Waals surface area contributed by atoms with Gasteiger partial charge >= 0.3 is 5.97 Å². The molecule has 0 saturated carbocycles. The normalized spacial score (nSPS) is 14.2. The van der Waals surface area contributed by atoms with Crippen molar-refractivity contribution in [1.82, 2.24) is 10.6 Å². The van der Waals surface area contributed by atoms with Gasteiger partial charge in [-0.2, -0.15) is 0 Å². The first-order valence-corrected chi connectivity index (χ1v) is 6.00. The largest absolute Gasteiger partial charge is 0.480 e. The Hall–Kier alpha value is -1.59. The van der Waals surface area contributed by atoms with E-state index in [1.165, 1.54) is 6.92 Å². The monoisotopic (exact) mass is 258 g/mol. The van der Waals surface area contributed by atoms with E-state index in [0.29, 0.717) is 0 Å². The van der Waals surface area contributed by atoms with Crippen molar-refractivity contribution in [2.45, 2.75) is 46.7 Å². The van der Waals surface area contributed by atoms with Crippen molar-refractivity contribution in [1.29, 1.82) is 0 Å². The summed E-state index contributed by atoms with van der Waals surface area (Å²) in [5.41, 5.74) is 0.